The Morgan fingerprint density at radius 1 is 1.59 bits per heavy atom. The van der Waals surface area contributed by atoms with Crippen molar-refractivity contribution < 1.29 is 13.2 Å². The van der Waals surface area contributed by atoms with Crippen molar-refractivity contribution in [2.24, 2.45) is 5.14 Å². The maximum atomic E-state index is 11.6. The lowest BCUT2D eigenvalue weighted by atomic mass is 10.3. The molecule has 0 saturated carbocycles. The number of thiazole rings is 1. The van der Waals surface area contributed by atoms with Crippen molar-refractivity contribution in [3.8, 4) is 0 Å². The smallest absolute Gasteiger partial charge is 0.224 e. The van der Waals surface area contributed by atoms with Crippen LogP contribution >= 0.6 is 11.3 Å². The highest BCUT2D eigenvalue weighted by Gasteiger charge is 2.35. The Morgan fingerprint density at radius 2 is 2.35 bits per heavy atom. The van der Waals surface area contributed by atoms with E-state index in [0.717, 1.165) is 4.88 Å². The molecule has 0 aliphatic carbocycles. The van der Waals surface area contributed by atoms with Gasteiger partial charge in [-0.05, 0) is 0 Å². The number of nitrogens with zero attached hydrogens (tertiary/aromatic N) is 2. The molecule has 94 valence electrons. The van der Waals surface area contributed by atoms with Crippen LogP contribution in [0.2, 0.25) is 0 Å². The summed E-state index contributed by atoms with van der Waals surface area (Å²) in [5, 5.41) is 4.29. The maximum absolute atomic E-state index is 11.6. The Kier molecular flexibility index (Phi) is 3.45. The van der Waals surface area contributed by atoms with Gasteiger partial charge in [-0.2, -0.15) is 0 Å². The van der Waals surface area contributed by atoms with Crippen molar-refractivity contribution in [2.45, 2.75) is 18.1 Å². The molecule has 2 rings (SSSR count). The largest absolute Gasteiger partial charge is 0.341 e. The third-order valence-electron chi connectivity index (χ3n) is 2.76. The summed E-state index contributed by atoms with van der Waals surface area (Å²) < 4.78 is 22.3. The number of hydrogen-bond donors (Lipinski definition) is 1. The monoisotopic (exact) mass is 275 g/mol. The van der Waals surface area contributed by atoms with Gasteiger partial charge in [0.1, 0.15) is 5.25 Å². The first-order valence-corrected chi connectivity index (χ1v) is 7.62. The zero-order valence-corrected chi connectivity index (χ0v) is 10.7. The van der Waals surface area contributed by atoms with Gasteiger partial charge < -0.3 is 4.90 Å². The van der Waals surface area contributed by atoms with Gasteiger partial charge >= 0.3 is 0 Å². The highest BCUT2D eigenvalue weighted by Crippen LogP contribution is 2.17. The number of likely N-dealkylation sites (tertiary alicyclic amines) is 1. The van der Waals surface area contributed by atoms with Crippen molar-refractivity contribution in [1.29, 1.82) is 0 Å². The number of amides is 1. The summed E-state index contributed by atoms with van der Waals surface area (Å²) in [6, 6.07) is 0. The molecule has 1 aromatic heterocycles. The summed E-state index contributed by atoms with van der Waals surface area (Å²) in [6.45, 7) is 0.726. The fourth-order valence-corrected chi connectivity index (χ4v) is 3.13. The first-order valence-electron chi connectivity index (χ1n) is 5.13. The van der Waals surface area contributed by atoms with Crippen LogP contribution in [-0.2, 0) is 21.2 Å². The summed E-state index contributed by atoms with van der Waals surface area (Å²) >= 11 is 1.52. The molecule has 0 bridgehead atoms. The summed E-state index contributed by atoms with van der Waals surface area (Å²) in [7, 11) is -3.61. The van der Waals surface area contributed by atoms with E-state index in [9.17, 15) is 13.2 Å². The minimum Gasteiger partial charge on any atom is -0.341 e. The second kappa shape index (κ2) is 4.71. The fourth-order valence-electron chi connectivity index (χ4n) is 1.78. The van der Waals surface area contributed by atoms with Crippen LogP contribution in [0.4, 0.5) is 0 Å². The molecule has 1 aliphatic heterocycles. The summed E-state index contributed by atoms with van der Waals surface area (Å²) in [6.07, 6.45) is 2.46. The van der Waals surface area contributed by atoms with Crippen LogP contribution in [0.1, 0.15) is 11.3 Å². The van der Waals surface area contributed by atoms with Crippen LogP contribution in [0.3, 0.4) is 0 Å². The molecule has 2 N–H and O–H groups in total. The Bertz CT molecular complexity index is 498. The third-order valence-corrected chi connectivity index (χ3v) is 4.84. The molecule has 0 aromatic carbocycles. The van der Waals surface area contributed by atoms with E-state index in [-0.39, 0.29) is 18.9 Å². The normalized spacial score (nSPS) is 21.1. The Labute approximate surface area is 103 Å². The van der Waals surface area contributed by atoms with Gasteiger partial charge in [0, 0.05) is 37.0 Å². The summed E-state index contributed by atoms with van der Waals surface area (Å²) in [5.74, 6) is -0.145. The molecule has 6 nitrogen and oxygen atoms in total. The number of carbonyl (C=O) groups is 1. The quantitative estimate of drug-likeness (QED) is 0.807. The SMILES string of the molecule is NS(=O)(=O)C1CC(=O)N(CCc2cncs2)C1. The van der Waals surface area contributed by atoms with E-state index in [1.165, 1.54) is 11.3 Å². The lowest BCUT2D eigenvalue weighted by Gasteiger charge is -2.15. The fraction of sp³-hybridized carbons (Fsp3) is 0.556. The molecule has 0 spiro atoms. The van der Waals surface area contributed by atoms with Gasteiger partial charge in [0.2, 0.25) is 15.9 Å². The van der Waals surface area contributed by atoms with E-state index in [0.29, 0.717) is 13.0 Å². The van der Waals surface area contributed by atoms with Gasteiger partial charge in [0.25, 0.3) is 0 Å². The lowest BCUT2D eigenvalue weighted by molar-refractivity contribution is -0.127. The number of aromatic nitrogens is 1. The van der Waals surface area contributed by atoms with Crippen LogP contribution in [-0.4, -0.2) is 42.5 Å². The molecule has 1 fully saturated rings. The first-order chi connectivity index (χ1) is 7.97. The van der Waals surface area contributed by atoms with Crippen molar-refractivity contribution in [3.05, 3.63) is 16.6 Å². The molecule has 1 aliphatic rings. The molecule has 2 heterocycles. The van der Waals surface area contributed by atoms with E-state index in [1.807, 2.05) is 0 Å². The molecule has 1 amide bonds. The predicted molar refractivity (Wildman–Crippen MR) is 63.9 cm³/mol. The second-order valence-electron chi connectivity index (χ2n) is 3.97. The predicted octanol–water partition coefficient (Wildman–Crippen LogP) is -0.425. The van der Waals surface area contributed by atoms with Gasteiger partial charge in [-0.3, -0.25) is 9.78 Å². The molecule has 1 aromatic rings. The third kappa shape index (κ3) is 3.02. The molecule has 1 unspecified atom stereocenters. The van der Waals surface area contributed by atoms with E-state index >= 15 is 0 Å². The van der Waals surface area contributed by atoms with Crippen LogP contribution in [0.25, 0.3) is 0 Å². The van der Waals surface area contributed by atoms with E-state index < -0.39 is 15.3 Å². The topological polar surface area (TPSA) is 93.4 Å². The van der Waals surface area contributed by atoms with Crippen LogP contribution < -0.4 is 5.14 Å². The van der Waals surface area contributed by atoms with E-state index in [4.69, 9.17) is 5.14 Å². The molecular formula is C9H13N3O3S2. The number of hydrogen-bond acceptors (Lipinski definition) is 5. The van der Waals surface area contributed by atoms with E-state index in [1.54, 1.807) is 16.6 Å². The van der Waals surface area contributed by atoms with Gasteiger partial charge in [-0.25, -0.2) is 13.6 Å². The average Bonchev–Trinajstić information content (AvgIpc) is 2.83. The number of primary sulfonamides is 1. The molecule has 1 saturated heterocycles. The Balaban J connectivity index is 1.93. The average molecular weight is 275 g/mol. The van der Waals surface area contributed by atoms with Gasteiger partial charge in [-0.15, -0.1) is 11.3 Å². The van der Waals surface area contributed by atoms with Crippen molar-refractivity contribution in [2.75, 3.05) is 13.1 Å². The van der Waals surface area contributed by atoms with E-state index in [2.05, 4.69) is 4.98 Å². The van der Waals surface area contributed by atoms with Crippen LogP contribution in [0, 0.1) is 0 Å². The minimum atomic E-state index is -3.61. The summed E-state index contributed by atoms with van der Waals surface area (Å²) in [5.41, 5.74) is 1.73. The first kappa shape index (κ1) is 12.5. The van der Waals surface area contributed by atoms with Gasteiger partial charge in [0.15, 0.2) is 0 Å². The van der Waals surface area contributed by atoms with Crippen LogP contribution in [0.15, 0.2) is 11.7 Å². The number of carbonyl (C=O) groups excluding carboxylic acids is 1. The molecule has 17 heavy (non-hydrogen) atoms. The number of nitrogens with two attached hydrogens (primary N) is 1. The zero-order valence-electron chi connectivity index (χ0n) is 9.07. The lowest BCUT2D eigenvalue weighted by Crippen LogP contribution is -2.33. The van der Waals surface area contributed by atoms with Gasteiger partial charge in [0.05, 0.1) is 5.51 Å². The zero-order chi connectivity index (χ0) is 12.5. The molecule has 1 atom stereocenters. The van der Waals surface area contributed by atoms with Crippen molar-refractivity contribution >= 4 is 27.3 Å². The molecule has 0 radical (unpaired) electrons. The minimum absolute atomic E-state index is 0.00151. The second-order valence-corrected chi connectivity index (χ2v) is 6.79. The standard InChI is InChI=1S/C9H13N3O3S2/c10-17(14,15)8-3-9(13)12(5-8)2-1-7-4-11-6-16-7/h4,6,8H,1-3,5H2,(H2,10,14,15). The molecular weight excluding hydrogens is 262 g/mol. The Hall–Kier alpha value is -0.990. The highest BCUT2D eigenvalue weighted by atomic mass is 32.2. The highest BCUT2D eigenvalue weighted by molar-refractivity contribution is 7.89. The Morgan fingerprint density at radius 3 is 2.88 bits per heavy atom. The molecule has 8 heteroatoms. The van der Waals surface area contributed by atoms with Crippen molar-refractivity contribution in [3.63, 3.8) is 0 Å². The van der Waals surface area contributed by atoms with Crippen molar-refractivity contribution in [1.82, 2.24) is 9.88 Å². The maximum Gasteiger partial charge on any atom is 0.224 e. The summed E-state index contributed by atoms with van der Waals surface area (Å²) in [4.78, 5) is 18.2. The van der Waals surface area contributed by atoms with Gasteiger partial charge in [-0.1, -0.05) is 0 Å². The number of rotatable bonds is 4. The number of sulfonamides is 1. The van der Waals surface area contributed by atoms with Crippen LogP contribution in [0.5, 0.6) is 0 Å².